The van der Waals surface area contributed by atoms with Gasteiger partial charge >= 0.3 is 5.69 Å². The third kappa shape index (κ3) is 2.46. The molecular formula is C13H8FN5O4. The number of nitro benzene ring substituents is 1. The van der Waals surface area contributed by atoms with Gasteiger partial charge in [-0.25, -0.2) is 14.0 Å². The van der Waals surface area contributed by atoms with E-state index in [9.17, 15) is 19.3 Å². The van der Waals surface area contributed by atoms with Crippen molar-refractivity contribution in [2.24, 2.45) is 0 Å². The number of hydrogen-bond acceptors (Lipinski definition) is 7. The molecule has 0 saturated carbocycles. The molecule has 2 aromatic heterocycles. The number of halogens is 1. The summed E-state index contributed by atoms with van der Waals surface area (Å²) in [5.74, 6) is -0.867. The van der Waals surface area contributed by atoms with Gasteiger partial charge in [-0.3, -0.25) is 19.8 Å². The molecule has 3 aromatic rings. The van der Waals surface area contributed by atoms with Crippen LogP contribution in [0, 0.1) is 15.9 Å². The van der Waals surface area contributed by atoms with Gasteiger partial charge in [-0.2, -0.15) is 0 Å². The number of carbonyl (C=O) groups excluding carboxylic acids is 1. The molecule has 1 aromatic carbocycles. The predicted octanol–water partition coefficient (Wildman–Crippen LogP) is 2.35. The van der Waals surface area contributed by atoms with E-state index in [4.69, 9.17) is 0 Å². The summed E-state index contributed by atoms with van der Waals surface area (Å²) >= 11 is 0. The molecule has 10 heteroatoms. The van der Waals surface area contributed by atoms with Crippen LogP contribution in [0.3, 0.4) is 0 Å². The topological polar surface area (TPSA) is 115 Å². The number of amides is 1. The minimum Gasteiger partial charge on any atom is -0.274 e. The van der Waals surface area contributed by atoms with E-state index in [0.29, 0.717) is 0 Å². The molecule has 0 radical (unpaired) electrons. The Hall–Kier alpha value is -3.43. The molecule has 0 aliphatic heterocycles. The molecule has 116 valence electrons. The van der Waals surface area contributed by atoms with E-state index >= 15 is 0 Å². The van der Waals surface area contributed by atoms with Crippen LogP contribution in [0.15, 0.2) is 35.1 Å². The summed E-state index contributed by atoms with van der Waals surface area (Å²) in [6.07, 6.45) is 0.953. The molecular weight excluding hydrogens is 309 g/mol. The molecule has 0 aliphatic rings. The zero-order chi connectivity index (χ0) is 16.6. The molecule has 2 heterocycles. The molecule has 0 unspecified atom stereocenters. The second kappa shape index (κ2) is 5.40. The Morgan fingerprint density at radius 2 is 2.00 bits per heavy atom. The minimum absolute atomic E-state index is 0.0283. The highest BCUT2D eigenvalue weighted by molar-refractivity contribution is 6.06. The number of hydrogen-bond donors (Lipinski definition) is 0. The van der Waals surface area contributed by atoms with Gasteiger partial charge in [0.25, 0.3) is 0 Å². The molecule has 1 amide bonds. The van der Waals surface area contributed by atoms with E-state index in [1.807, 2.05) is 0 Å². The number of rotatable bonds is 3. The number of benzene rings is 1. The van der Waals surface area contributed by atoms with Crippen LogP contribution >= 0.6 is 0 Å². The zero-order valence-electron chi connectivity index (χ0n) is 11.6. The first kappa shape index (κ1) is 14.5. The van der Waals surface area contributed by atoms with Gasteiger partial charge in [-0.15, -0.1) is 0 Å². The summed E-state index contributed by atoms with van der Waals surface area (Å²) in [6, 6.07) is 4.96. The highest BCUT2D eigenvalue weighted by Gasteiger charge is 2.25. The first-order chi connectivity index (χ1) is 11.0. The standard InChI is InChI=1S/C13H8FN5O4/c1-7(20)18(11-5-2-8(14)6-15-11)9-3-4-10(19(21)22)13-12(9)16-23-17-13/h2-6H,1H3. The third-order valence-electron chi connectivity index (χ3n) is 3.07. The fraction of sp³-hybridized carbons (Fsp3) is 0.0769. The van der Waals surface area contributed by atoms with Gasteiger partial charge in [-0.05, 0) is 28.5 Å². The van der Waals surface area contributed by atoms with Crippen LogP contribution in [-0.2, 0) is 4.79 Å². The molecule has 0 spiro atoms. The van der Waals surface area contributed by atoms with Crippen molar-refractivity contribution in [2.45, 2.75) is 6.92 Å². The van der Waals surface area contributed by atoms with Crippen molar-refractivity contribution >= 4 is 34.1 Å². The quantitative estimate of drug-likeness (QED) is 0.537. The lowest BCUT2D eigenvalue weighted by Crippen LogP contribution is -2.24. The molecule has 23 heavy (non-hydrogen) atoms. The number of nitrogens with zero attached hydrogens (tertiary/aromatic N) is 5. The van der Waals surface area contributed by atoms with Gasteiger partial charge in [0.05, 0.1) is 16.8 Å². The zero-order valence-corrected chi connectivity index (χ0v) is 11.6. The Morgan fingerprint density at radius 1 is 1.26 bits per heavy atom. The van der Waals surface area contributed by atoms with Crippen molar-refractivity contribution in [1.82, 2.24) is 15.3 Å². The molecule has 0 saturated heterocycles. The molecule has 0 fully saturated rings. The average Bonchev–Trinajstić information content (AvgIpc) is 2.98. The van der Waals surface area contributed by atoms with E-state index < -0.39 is 16.6 Å². The van der Waals surface area contributed by atoms with Gasteiger partial charge < -0.3 is 0 Å². The lowest BCUT2D eigenvalue weighted by molar-refractivity contribution is -0.383. The fourth-order valence-corrected chi connectivity index (χ4v) is 2.12. The number of nitro groups is 1. The largest absolute Gasteiger partial charge is 0.300 e. The van der Waals surface area contributed by atoms with Crippen LogP contribution in [0.1, 0.15) is 6.92 Å². The normalized spacial score (nSPS) is 10.7. The van der Waals surface area contributed by atoms with Gasteiger partial charge in [0.1, 0.15) is 11.6 Å². The number of fused-ring (bicyclic) bond motifs is 1. The van der Waals surface area contributed by atoms with Crippen molar-refractivity contribution in [3.05, 3.63) is 46.4 Å². The molecule has 0 bridgehead atoms. The Balaban J connectivity index is 2.22. The van der Waals surface area contributed by atoms with Crippen LogP contribution in [-0.4, -0.2) is 26.1 Å². The van der Waals surface area contributed by atoms with E-state index in [-0.39, 0.29) is 28.2 Å². The van der Waals surface area contributed by atoms with Crippen molar-refractivity contribution in [1.29, 1.82) is 0 Å². The molecule has 0 atom stereocenters. The summed E-state index contributed by atoms with van der Waals surface area (Å²) in [7, 11) is 0. The highest BCUT2D eigenvalue weighted by Crippen LogP contribution is 2.34. The Bertz CT molecular complexity index is 908. The Kier molecular flexibility index (Phi) is 3.41. The molecule has 0 N–H and O–H groups in total. The van der Waals surface area contributed by atoms with Crippen LogP contribution < -0.4 is 4.90 Å². The highest BCUT2D eigenvalue weighted by atomic mass is 19.1. The molecule has 0 aliphatic carbocycles. The van der Waals surface area contributed by atoms with Gasteiger partial charge in [0.15, 0.2) is 5.52 Å². The number of aromatic nitrogens is 3. The number of carbonyl (C=O) groups is 1. The van der Waals surface area contributed by atoms with E-state index in [1.54, 1.807) is 0 Å². The SMILES string of the molecule is CC(=O)N(c1ccc(F)cn1)c1ccc([N+](=O)[O-])c2nonc12. The summed E-state index contributed by atoms with van der Waals surface area (Å²) in [5, 5.41) is 18.1. The second-order valence-electron chi connectivity index (χ2n) is 4.51. The molecule has 3 rings (SSSR count). The van der Waals surface area contributed by atoms with E-state index in [0.717, 1.165) is 17.2 Å². The lowest BCUT2D eigenvalue weighted by Gasteiger charge is -2.19. The smallest absolute Gasteiger partial charge is 0.274 e. The summed E-state index contributed by atoms with van der Waals surface area (Å²) in [5.41, 5.74) is -0.180. The first-order valence-corrected chi connectivity index (χ1v) is 6.31. The second-order valence-corrected chi connectivity index (χ2v) is 4.51. The van der Waals surface area contributed by atoms with E-state index in [1.165, 1.54) is 25.1 Å². The third-order valence-corrected chi connectivity index (χ3v) is 3.07. The first-order valence-electron chi connectivity index (χ1n) is 6.31. The number of anilines is 2. The maximum Gasteiger partial charge on any atom is 0.300 e. The minimum atomic E-state index is -0.634. The summed E-state index contributed by atoms with van der Waals surface area (Å²) < 4.78 is 17.6. The van der Waals surface area contributed by atoms with Crippen molar-refractivity contribution in [3.63, 3.8) is 0 Å². The number of pyridine rings is 1. The molecule has 9 nitrogen and oxygen atoms in total. The van der Waals surface area contributed by atoms with Gasteiger partial charge in [-0.1, -0.05) is 0 Å². The summed E-state index contributed by atoms with van der Waals surface area (Å²) in [4.78, 5) is 27.3. The van der Waals surface area contributed by atoms with Crippen molar-refractivity contribution in [3.8, 4) is 0 Å². The van der Waals surface area contributed by atoms with Gasteiger partial charge in [0.2, 0.25) is 11.4 Å². The maximum absolute atomic E-state index is 13.0. The van der Waals surface area contributed by atoms with Gasteiger partial charge in [0, 0.05) is 13.0 Å². The average molecular weight is 317 g/mol. The van der Waals surface area contributed by atoms with Crippen molar-refractivity contribution < 1.29 is 18.7 Å². The van der Waals surface area contributed by atoms with Crippen LogP contribution in [0.25, 0.3) is 11.0 Å². The summed E-state index contributed by atoms with van der Waals surface area (Å²) in [6.45, 7) is 1.27. The number of non-ortho nitro benzene ring substituents is 1. The van der Waals surface area contributed by atoms with E-state index in [2.05, 4.69) is 19.9 Å². The fourth-order valence-electron chi connectivity index (χ4n) is 2.12. The van der Waals surface area contributed by atoms with Crippen molar-refractivity contribution in [2.75, 3.05) is 4.90 Å². The van der Waals surface area contributed by atoms with Crippen LogP contribution in [0.2, 0.25) is 0 Å². The van der Waals surface area contributed by atoms with Crippen LogP contribution in [0.4, 0.5) is 21.6 Å². The maximum atomic E-state index is 13.0. The predicted molar refractivity (Wildman–Crippen MR) is 75.5 cm³/mol. The lowest BCUT2D eigenvalue weighted by atomic mass is 10.2. The Morgan fingerprint density at radius 3 is 2.61 bits per heavy atom. The Labute approximate surface area is 127 Å². The monoisotopic (exact) mass is 317 g/mol. The van der Waals surface area contributed by atoms with Crippen LogP contribution in [0.5, 0.6) is 0 Å².